The third-order valence-electron chi connectivity index (χ3n) is 3.60. The number of carbonyl (C=O) groups is 1. The number of nitrogens with one attached hydrogen (secondary N) is 2. The van der Waals surface area contributed by atoms with E-state index in [1.807, 2.05) is 38.1 Å². The second-order valence-electron chi connectivity index (χ2n) is 5.50. The molecule has 0 radical (unpaired) electrons. The summed E-state index contributed by atoms with van der Waals surface area (Å²) in [6.45, 7) is 3.60. The fourth-order valence-electron chi connectivity index (χ4n) is 2.24. The molecule has 19 heavy (non-hydrogen) atoms. The van der Waals surface area contributed by atoms with Gasteiger partial charge in [0, 0.05) is 26.3 Å². The van der Waals surface area contributed by atoms with Crippen LogP contribution in [0, 0.1) is 5.41 Å². The van der Waals surface area contributed by atoms with E-state index in [1.165, 1.54) is 0 Å². The lowest BCUT2D eigenvalue weighted by atomic mass is 9.89. The van der Waals surface area contributed by atoms with Gasteiger partial charge in [0.2, 0.25) is 5.91 Å². The molecule has 104 valence electrons. The minimum atomic E-state index is -0.327. The van der Waals surface area contributed by atoms with E-state index in [0.717, 1.165) is 30.9 Å². The largest absolute Gasteiger partial charge is 0.376 e. The fourth-order valence-corrected chi connectivity index (χ4v) is 2.59. The molecule has 0 aliphatic carbocycles. The van der Waals surface area contributed by atoms with Crippen LogP contribution in [0.15, 0.2) is 18.2 Å². The van der Waals surface area contributed by atoms with Crippen LogP contribution in [0.25, 0.3) is 0 Å². The van der Waals surface area contributed by atoms with Crippen LogP contribution in [0.3, 0.4) is 0 Å². The Morgan fingerprint density at radius 3 is 2.74 bits per heavy atom. The second kappa shape index (κ2) is 5.39. The van der Waals surface area contributed by atoms with Gasteiger partial charge in [0.1, 0.15) is 0 Å². The highest BCUT2D eigenvalue weighted by Crippen LogP contribution is 2.30. The summed E-state index contributed by atoms with van der Waals surface area (Å²) < 4.78 is 0. The monoisotopic (exact) mass is 281 g/mol. The molecule has 5 heteroatoms. The molecular formula is C14H20ClN3O. The Morgan fingerprint density at radius 1 is 1.47 bits per heavy atom. The Bertz CT molecular complexity index is 482. The van der Waals surface area contributed by atoms with Gasteiger partial charge in [-0.2, -0.15) is 0 Å². The van der Waals surface area contributed by atoms with Gasteiger partial charge < -0.3 is 15.5 Å². The van der Waals surface area contributed by atoms with Gasteiger partial charge in [0.05, 0.1) is 16.1 Å². The van der Waals surface area contributed by atoms with E-state index in [-0.39, 0.29) is 11.3 Å². The number of benzene rings is 1. The van der Waals surface area contributed by atoms with Crippen molar-refractivity contribution < 1.29 is 4.79 Å². The Hall–Kier alpha value is -1.26. The zero-order chi connectivity index (χ0) is 14.0. The van der Waals surface area contributed by atoms with E-state index in [4.69, 9.17) is 11.6 Å². The third-order valence-corrected chi connectivity index (χ3v) is 3.91. The highest BCUT2D eigenvalue weighted by atomic mass is 35.5. The van der Waals surface area contributed by atoms with Crippen LogP contribution in [0.1, 0.15) is 13.3 Å². The van der Waals surface area contributed by atoms with Crippen molar-refractivity contribution in [3.63, 3.8) is 0 Å². The molecule has 4 nitrogen and oxygen atoms in total. The topological polar surface area (TPSA) is 44.4 Å². The molecule has 1 aromatic carbocycles. The van der Waals surface area contributed by atoms with Crippen molar-refractivity contribution >= 4 is 28.9 Å². The van der Waals surface area contributed by atoms with Crippen LogP contribution >= 0.6 is 11.6 Å². The molecule has 1 fully saturated rings. The maximum atomic E-state index is 12.3. The Kier molecular flexibility index (Phi) is 4.02. The molecule has 1 heterocycles. The summed E-state index contributed by atoms with van der Waals surface area (Å²) in [5, 5.41) is 6.81. The highest BCUT2D eigenvalue weighted by molar-refractivity contribution is 6.33. The summed E-state index contributed by atoms with van der Waals surface area (Å²) in [7, 11) is 3.87. The van der Waals surface area contributed by atoms with Gasteiger partial charge >= 0.3 is 0 Å². The lowest BCUT2D eigenvalue weighted by Gasteiger charge is -2.22. The van der Waals surface area contributed by atoms with Crippen molar-refractivity contribution in [1.29, 1.82) is 0 Å². The summed E-state index contributed by atoms with van der Waals surface area (Å²) in [6.07, 6.45) is 0.863. The van der Waals surface area contributed by atoms with Crippen LogP contribution in [0.2, 0.25) is 5.02 Å². The van der Waals surface area contributed by atoms with Crippen molar-refractivity contribution in [3.8, 4) is 0 Å². The van der Waals surface area contributed by atoms with Gasteiger partial charge in [-0.25, -0.2) is 0 Å². The quantitative estimate of drug-likeness (QED) is 0.894. The van der Waals surface area contributed by atoms with E-state index in [2.05, 4.69) is 10.6 Å². The van der Waals surface area contributed by atoms with Gasteiger partial charge in [0.25, 0.3) is 0 Å². The standard InChI is InChI=1S/C14H20ClN3O/c1-14(6-7-16-9-14)13(19)17-10-4-5-12(18(2)3)11(15)8-10/h4-5,8,16H,6-7,9H2,1-3H3,(H,17,19). The van der Waals surface area contributed by atoms with E-state index in [0.29, 0.717) is 5.02 Å². The average molecular weight is 282 g/mol. The molecule has 0 bridgehead atoms. The number of amides is 1. The zero-order valence-corrected chi connectivity index (χ0v) is 12.3. The van der Waals surface area contributed by atoms with Gasteiger partial charge in [-0.05, 0) is 38.1 Å². The van der Waals surface area contributed by atoms with Gasteiger partial charge in [-0.15, -0.1) is 0 Å². The third kappa shape index (κ3) is 3.01. The first-order valence-electron chi connectivity index (χ1n) is 6.41. The Balaban J connectivity index is 2.11. The van der Waals surface area contributed by atoms with Crippen molar-refractivity contribution in [2.75, 3.05) is 37.4 Å². The lowest BCUT2D eigenvalue weighted by Crippen LogP contribution is -2.35. The summed E-state index contributed by atoms with van der Waals surface area (Å²) in [5.74, 6) is 0.0474. The molecule has 2 rings (SSSR count). The van der Waals surface area contributed by atoms with E-state index >= 15 is 0 Å². The molecule has 1 saturated heterocycles. The number of hydrogen-bond acceptors (Lipinski definition) is 3. The van der Waals surface area contributed by atoms with Gasteiger partial charge in [-0.1, -0.05) is 11.6 Å². The molecule has 1 unspecified atom stereocenters. The van der Waals surface area contributed by atoms with Crippen LogP contribution in [0.4, 0.5) is 11.4 Å². The maximum absolute atomic E-state index is 12.3. The number of carbonyl (C=O) groups excluding carboxylic acids is 1. The lowest BCUT2D eigenvalue weighted by molar-refractivity contribution is -0.123. The number of anilines is 2. The minimum absolute atomic E-state index is 0.0474. The summed E-state index contributed by atoms with van der Waals surface area (Å²) in [4.78, 5) is 14.2. The normalized spacial score (nSPS) is 22.3. The molecule has 1 aliphatic rings. The first-order chi connectivity index (χ1) is 8.92. The molecule has 1 aromatic rings. The van der Waals surface area contributed by atoms with Crippen molar-refractivity contribution in [2.24, 2.45) is 5.41 Å². The van der Waals surface area contributed by atoms with Crippen molar-refractivity contribution in [2.45, 2.75) is 13.3 Å². The predicted molar refractivity (Wildman–Crippen MR) is 80.0 cm³/mol. The summed E-state index contributed by atoms with van der Waals surface area (Å²) >= 11 is 6.20. The van der Waals surface area contributed by atoms with E-state index < -0.39 is 0 Å². The molecular weight excluding hydrogens is 262 g/mol. The molecule has 0 aromatic heterocycles. The fraction of sp³-hybridized carbons (Fsp3) is 0.500. The Morgan fingerprint density at radius 2 is 2.21 bits per heavy atom. The molecule has 2 N–H and O–H groups in total. The van der Waals surface area contributed by atoms with Crippen molar-refractivity contribution in [1.82, 2.24) is 5.32 Å². The van der Waals surface area contributed by atoms with Gasteiger partial charge in [0.15, 0.2) is 0 Å². The molecule has 1 amide bonds. The molecule has 0 saturated carbocycles. The van der Waals surface area contributed by atoms with Crippen LogP contribution in [-0.2, 0) is 4.79 Å². The van der Waals surface area contributed by atoms with Crippen molar-refractivity contribution in [3.05, 3.63) is 23.2 Å². The first kappa shape index (κ1) is 14.2. The summed E-state index contributed by atoms with van der Waals surface area (Å²) in [6, 6.07) is 5.58. The molecule has 1 atom stereocenters. The second-order valence-corrected chi connectivity index (χ2v) is 5.91. The smallest absolute Gasteiger partial charge is 0.231 e. The molecule has 0 spiro atoms. The van der Waals surface area contributed by atoms with E-state index in [1.54, 1.807) is 6.07 Å². The predicted octanol–water partition coefficient (Wildman–Crippen LogP) is 2.34. The zero-order valence-electron chi connectivity index (χ0n) is 11.6. The van der Waals surface area contributed by atoms with E-state index in [9.17, 15) is 4.79 Å². The van der Waals surface area contributed by atoms with Crippen LogP contribution in [-0.4, -0.2) is 33.1 Å². The highest BCUT2D eigenvalue weighted by Gasteiger charge is 2.36. The average Bonchev–Trinajstić information content (AvgIpc) is 2.77. The number of rotatable bonds is 3. The SMILES string of the molecule is CN(C)c1ccc(NC(=O)C2(C)CCNC2)cc1Cl. The number of hydrogen-bond donors (Lipinski definition) is 2. The number of nitrogens with zero attached hydrogens (tertiary/aromatic N) is 1. The number of halogens is 1. The van der Waals surface area contributed by atoms with Gasteiger partial charge in [-0.3, -0.25) is 4.79 Å². The van der Waals surface area contributed by atoms with Crippen LogP contribution in [0.5, 0.6) is 0 Å². The first-order valence-corrected chi connectivity index (χ1v) is 6.79. The maximum Gasteiger partial charge on any atom is 0.231 e. The minimum Gasteiger partial charge on any atom is -0.376 e. The van der Waals surface area contributed by atoms with Crippen LogP contribution < -0.4 is 15.5 Å². The summed E-state index contributed by atoms with van der Waals surface area (Å²) in [5.41, 5.74) is 1.36. The Labute approximate surface area is 119 Å². The molecule has 1 aliphatic heterocycles.